The van der Waals surface area contributed by atoms with Crippen LogP contribution in [0.5, 0.6) is 0 Å². The van der Waals surface area contributed by atoms with Gasteiger partial charge in [-0.05, 0) is 57.2 Å². The third-order valence-corrected chi connectivity index (χ3v) is 6.13. The highest BCUT2D eigenvalue weighted by Gasteiger charge is 2.43. The Balaban J connectivity index is 1.51. The van der Waals surface area contributed by atoms with Gasteiger partial charge in [0.15, 0.2) is 0 Å². The Hall–Kier alpha value is -1.39. The summed E-state index contributed by atoms with van der Waals surface area (Å²) in [6, 6.07) is 10.9. The Morgan fingerprint density at radius 2 is 1.71 bits per heavy atom. The molecule has 0 aliphatic carbocycles. The second-order valence-corrected chi connectivity index (χ2v) is 7.42. The molecule has 3 aliphatic heterocycles. The molecule has 4 nitrogen and oxygen atoms in total. The number of rotatable bonds is 3. The summed E-state index contributed by atoms with van der Waals surface area (Å²) in [6.45, 7) is 4.82. The molecule has 0 bridgehead atoms. The smallest absolute Gasteiger partial charge is 0.251 e. The first-order valence-corrected chi connectivity index (χ1v) is 9.51. The van der Waals surface area contributed by atoms with Gasteiger partial charge >= 0.3 is 0 Å². The maximum Gasteiger partial charge on any atom is 0.251 e. The van der Waals surface area contributed by atoms with Crippen molar-refractivity contribution in [2.75, 3.05) is 32.8 Å². The molecule has 1 atom stereocenters. The minimum atomic E-state index is -0.180. The number of piperidine rings is 1. The van der Waals surface area contributed by atoms with Crippen LogP contribution in [0, 0.1) is 0 Å². The number of hydrogen-bond donors (Lipinski definition) is 0. The zero-order valence-corrected chi connectivity index (χ0v) is 14.5. The first-order valence-electron chi connectivity index (χ1n) is 9.51. The molecule has 1 aromatic carbocycles. The van der Waals surface area contributed by atoms with Crippen LogP contribution in [0.1, 0.15) is 44.1 Å². The van der Waals surface area contributed by atoms with E-state index in [0.29, 0.717) is 0 Å². The van der Waals surface area contributed by atoms with Crippen molar-refractivity contribution in [3.63, 3.8) is 0 Å². The van der Waals surface area contributed by atoms with Gasteiger partial charge in [0, 0.05) is 25.2 Å². The van der Waals surface area contributed by atoms with Gasteiger partial charge < -0.3 is 9.64 Å². The van der Waals surface area contributed by atoms with E-state index in [-0.39, 0.29) is 17.6 Å². The number of carbonyl (C=O) groups excluding carboxylic acids is 1. The average Bonchev–Trinajstić information content (AvgIpc) is 3.36. The predicted octanol–water partition coefficient (Wildman–Crippen LogP) is 2.78. The summed E-state index contributed by atoms with van der Waals surface area (Å²) in [5.41, 5.74) is 1.54. The van der Waals surface area contributed by atoms with Gasteiger partial charge in [0.2, 0.25) is 0 Å². The monoisotopic (exact) mass is 328 g/mol. The van der Waals surface area contributed by atoms with Crippen molar-refractivity contribution >= 4 is 5.91 Å². The largest absolute Gasteiger partial charge is 0.368 e. The molecule has 0 saturated carbocycles. The molecule has 3 aliphatic rings. The SMILES string of the molecule is O=C(C1CCCO1)N1CCC(c2ccccc2)(N2CCCC2)CC1. The van der Waals surface area contributed by atoms with E-state index in [0.717, 1.165) is 45.4 Å². The highest BCUT2D eigenvalue weighted by molar-refractivity contribution is 5.81. The zero-order chi connectivity index (χ0) is 16.4. The van der Waals surface area contributed by atoms with Crippen LogP contribution >= 0.6 is 0 Å². The number of ether oxygens (including phenoxy) is 1. The van der Waals surface area contributed by atoms with E-state index in [2.05, 4.69) is 35.2 Å². The van der Waals surface area contributed by atoms with Crippen LogP contribution in [0.4, 0.5) is 0 Å². The van der Waals surface area contributed by atoms with Crippen molar-refractivity contribution in [1.82, 2.24) is 9.80 Å². The first-order chi connectivity index (χ1) is 11.8. The number of amides is 1. The molecule has 0 N–H and O–H groups in total. The van der Waals surface area contributed by atoms with Crippen molar-refractivity contribution in [2.45, 2.75) is 50.2 Å². The Bertz CT molecular complexity index is 554. The van der Waals surface area contributed by atoms with Gasteiger partial charge in [-0.2, -0.15) is 0 Å². The Labute approximate surface area is 144 Å². The molecule has 0 radical (unpaired) electrons. The van der Waals surface area contributed by atoms with Crippen molar-refractivity contribution in [2.24, 2.45) is 0 Å². The third-order valence-electron chi connectivity index (χ3n) is 6.13. The van der Waals surface area contributed by atoms with Gasteiger partial charge in [-0.3, -0.25) is 9.69 Å². The van der Waals surface area contributed by atoms with Gasteiger partial charge in [0.05, 0.1) is 0 Å². The lowest BCUT2D eigenvalue weighted by atomic mass is 9.79. The molecule has 1 unspecified atom stereocenters. The third kappa shape index (κ3) is 2.86. The van der Waals surface area contributed by atoms with E-state index in [1.165, 1.54) is 31.5 Å². The van der Waals surface area contributed by atoms with E-state index in [4.69, 9.17) is 4.74 Å². The Morgan fingerprint density at radius 3 is 2.33 bits per heavy atom. The summed E-state index contributed by atoms with van der Waals surface area (Å²) < 4.78 is 5.60. The second kappa shape index (κ2) is 6.85. The maximum absolute atomic E-state index is 12.7. The molecule has 4 rings (SSSR count). The van der Waals surface area contributed by atoms with Crippen molar-refractivity contribution in [1.29, 1.82) is 0 Å². The molecule has 0 spiro atoms. The number of hydrogen-bond acceptors (Lipinski definition) is 3. The van der Waals surface area contributed by atoms with Crippen LogP contribution in [0.3, 0.4) is 0 Å². The predicted molar refractivity (Wildman–Crippen MR) is 93.7 cm³/mol. The standard InChI is InChI=1S/C20H28N2O2/c23-19(18-9-6-16-24-18)21-14-10-20(11-15-21,22-12-4-5-13-22)17-7-2-1-3-8-17/h1-3,7-8,18H,4-6,9-16H2. The molecule has 3 fully saturated rings. The molecule has 3 saturated heterocycles. The Kier molecular flexibility index (Phi) is 4.59. The molecule has 4 heteroatoms. The summed E-state index contributed by atoms with van der Waals surface area (Å²) in [4.78, 5) is 17.4. The van der Waals surface area contributed by atoms with E-state index < -0.39 is 0 Å². The minimum absolute atomic E-state index is 0.116. The van der Waals surface area contributed by atoms with E-state index >= 15 is 0 Å². The highest BCUT2D eigenvalue weighted by Crippen LogP contribution is 2.41. The summed E-state index contributed by atoms with van der Waals surface area (Å²) in [6.07, 6.45) is 6.41. The molecule has 1 amide bonds. The normalized spacial score (nSPS) is 27.5. The minimum Gasteiger partial charge on any atom is -0.368 e. The maximum atomic E-state index is 12.7. The van der Waals surface area contributed by atoms with E-state index in [1.54, 1.807) is 0 Å². The molecule has 130 valence electrons. The lowest BCUT2D eigenvalue weighted by molar-refractivity contribution is -0.143. The zero-order valence-electron chi connectivity index (χ0n) is 14.5. The molecule has 24 heavy (non-hydrogen) atoms. The Morgan fingerprint density at radius 1 is 1.00 bits per heavy atom. The fraction of sp³-hybridized carbons (Fsp3) is 0.650. The van der Waals surface area contributed by atoms with Crippen LogP contribution in [-0.4, -0.2) is 54.6 Å². The van der Waals surface area contributed by atoms with Crippen LogP contribution in [0.15, 0.2) is 30.3 Å². The summed E-state index contributed by atoms with van der Waals surface area (Å²) in [7, 11) is 0. The quantitative estimate of drug-likeness (QED) is 0.855. The van der Waals surface area contributed by atoms with Gasteiger partial charge in [0.1, 0.15) is 6.10 Å². The van der Waals surface area contributed by atoms with Crippen LogP contribution < -0.4 is 0 Å². The second-order valence-electron chi connectivity index (χ2n) is 7.42. The van der Waals surface area contributed by atoms with Gasteiger partial charge in [-0.25, -0.2) is 0 Å². The van der Waals surface area contributed by atoms with E-state index in [9.17, 15) is 4.79 Å². The fourth-order valence-electron chi connectivity index (χ4n) is 4.75. The molecule has 0 aromatic heterocycles. The number of carbonyl (C=O) groups is 1. The summed E-state index contributed by atoms with van der Waals surface area (Å²) in [5.74, 6) is 0.218. The topological polar surface area (TPSA) is 32.8 Å². The first kappa shape index (κ1) is 16.1. The molecule has 1 aromatic rings. The number of likely N-dealkylation sites (tertiary alicyclic amines) is 2. The molecular weight excluding hydrogens is 300 g/mol. The molecule has 3 heterocycles. The fourth-order valence-corrected chi connectivity index (χ4v) is 4.75. The van der Waals surface area contributed by atoms with Gasteiger partial charge in [-0.15, -0.1) is 0 Å². The van der Waals surface area contributed by atoms with E-state index in [1.807, 2.05) is 4.90 Å². The van der Waals surface area contributed by atoms with Crippen molar-refractivity contribution in [3.8, 4) is 0 Å². The van der Waals surface area contributed by atoms with Crippen molar-refractivity contribution in [3.05, 3.63) is 35.9 Å². The van der Waals surface area contributed by atoms with Crippen LogP contribution in [0.25, 0.3) is 0 Å². The highest BCUT2D eigenvalue weighted by atomic mass is 16.5. The average molecular weight is 328 g/mol. The van der Waals surface area contributed by atoms with Crippen molar-refractivity contribution < 1.29 is 9.53 Å². The lowest BCUT2D eigenvalue weighted by Crippen LogP contribution is -2.54. The molecular formula is C20H28N2O2. The number of benzene rings is 1. The lowest BCUT2D eigenvalue weighted by Gasteiger charge is -2.48. The van der Waals surface area contributed by atoms with Crippen LogP contribution in [-0.2, 0) is 15.1 Å². The number of nitrogens with zero attached hydrogens (tertiary/aromatic N) is 2. The van der Waals surface area contributed by atoms with Crippen LogP contribution in [0.2, 0.25) is 0 Å². The summed E-state index contributed by atoms with van der Waals surface area (Å²) >= 11 is 0. The van der Waals surface area contributed by atoms with Gasteiger partial charge in [-0.1, -0.05) is 30.3 Å². The van der Waals surface area contributed by atoms with Gasteiger partial charge in [0.25, 0.3) is 5.91 Å². The summed E-state index contributed by atoms with van der Waals surface area (Å²) in [5, 5.41) is 0.